The van der Waals surface area contributed by atoms with Crippen LogP contribution in [0.1, 0.15) is 39.8 Å². The molecular weight excluding hydrogens is 258 g/mol. The minimum atomic E-state index is 0.110. The molecule has 1 aliphatic heterocycles. The van der Waals surface area contributed by atoms with Gasteiger partial charge >= 0.3 is 0 Å². The van der Waals surface area contributed by atoms with Crippen molar-refractivity contribution in [2.24, 2.45) is 0 Å². The van der Waals surface area contributed by atoms with Crippen molar-refractivity contribution in [3.05, 3.63) is 46.2 Å². The van der Waals surface area contributed by atoms with Crippen molar-refractivity contribution in [1.82, 2.24) is 14.9 Å². The summed E-state index contributed by atoms with van der Waals surface area (Å²) in [6, 6.07) is 4.17. The molecule has 2 aromatic heterocycles. The van der Waals surface area contributed by atoms with Crippen LogP contribution >= 0.6 is 11.3 Å². The Balaban J connectivity index is 1.88. The van der Waals surface area contributed by atoms with E-state index in [-0.39, 0.29) is 11.9 Å². The molecule has 3 rings (SSSR count). The lowest BCUT2D eigenvalue weighted by atomic mass is 10.1. The molecule has 4 nitrogen and oxygen atoms in total. The van der Waals surface area contributed by atoms with Gasteiger partial charge in [0.25, 0.3) is 5.91 Å². The van der Waals surface area contributed by atoms with Crippen LogP contribution in [-0.4, -0.2) is 27.3 Å². The third-order valence-electron chi connectivity index (χ3n) is 3.54. The van der Waals surface area contributed by atoms with Crippen LogP contribution in [0.3, 0.4) is 0 Å². The molecule has 19 heavy (non-hydrogen) atoms. The van der Waals surface area contributed by atoms with Crippen LogP contribution in [0, 0.1) is 6.92 Å². The zero-order valence-electron chi connectivity index (χ0n) is 10.7. The third-order valence-corrected chi connectivity index (χ3v) is 4.46. The monoisotopic (exact) mass is 273 g/mol. The summed E-state index contributed by atoms with van der Waals surface area (Å²) in [5, 5.41) is 0. The van der Waals surface area contributed by atoms with Crippen LogP contribution in [0.25, 0.3) is 0 Å². The molecule has 3 heterocycles. The van der Waals surface area contributed by atoms with Crippen molar-refractivity contribution in [3.8, 4) is 0 Å². The van der Waals surface area contributed by atoms with E-state index >= 15 is 0 Å². The van der Waals surface area contributed by atoms with Gasteiger partial charge in [-0.2, -0.15) is 0 Å². The van der Waals surface area contributed by atoms with Crippen LogP contribution in [-0.2, 0) is 0 Å². The lowest BCUT2D eigenvalue weighted by molar-refractivity contribution is 0.0739. The second-order valence-corrected chi connectivity index (χ2v) is 5.56. The van der Waals surface area contributed by atoms with Crippen LogP contribution in [0.5, 0.6) is 0 Å². The van der Waals surface area contributed by atoms with E-state index < -0.39 is 0 Å². The van der Waals surface area contributed by atoms with Gasteiger partial charge in [0.1, 0.15) is 4.88 Å². The Hall–Kier alpha value is -1.75. The number of carbonyl (C=O) groups excluding carboxylic acids is 1. The maximum absolute atomic E-state index is 12.6. The Morgan fingerprint density at radius 1 is 1.42 bits per heavy atom. The number of hydrogen-bond acceptors (Lipinski definition) is 4. The Morgan fingerprint density at radius 2 is 2.21 bits per heavy atom. The van der Waals surface area contributed by atoms with Gasteiger partial charge in [-0.25, -0.2) is 4.98 Å². The Bertz CT molecular complexity index is 581. The summed E-state index contributed by atoms with van der Waals surface area (Å²) < 4.78 is 0. The first-order valence-corrected chi connectivity index (χ1v) is 7.26. The van der Waals surface area contributed by atoms with E-state index in [4.69, 9.17) is 0 Å². The fraction of sp³-hybridized carbons (Fsp3) is 0.357. The van der Waals surface area contributed by atoms with Gasteiger partial charge in [-0.15, -0.1) is 11.3 Å². The normalized spacial score (nSPS) is 18.8. The molecule has 0 bridgehead atoms. The largest absolute Gasteiger partial charge is 0.331 e. The maximum Gasteiger partial charge on any atom is 0.266 e. The number of likely N-dealkylation sites (tertiary alicyclic amines) is 1. The van der Waals surface area contributed by atoms with E-state index in [2.05, 4.69) is 9.97 Å². The zero-order valence-corrected chi connectivity index (χ0v) is 11.6. The number of rotatable bonds is 2. The fourth-order valence-corrected chi connectivity index (χ4v) is 3.34. The smallest absolute Gasteiger partial charge is 0.266 e. The molecule has 0 saturated carbocycles. The highest BCUT2D eigenvalue weighted by Gasteiger charge is 2.31. The number of thiazole rings is 1. The van der Waals surface area contributed by atoms with Gasteiger partial charge in [-0.3, -0.25) is 9.78 Å². The Morgan fingerprint density at radius 3 is 2.89 bits per heavy atom. The molecular formula is C14H15N3OS. The highest BCUT2D eigenvalue weighted by Crippen LogP contribution is 2.33. The predicted octanol–water partition coefficient (Wildman–Crippen LogP) is 2.82. The maximum atomic E-state index is 12.6. The van der Waals surface area contributed by atoms with E-state index in [1.807, 2.05) is 24.0 Å². The molecule has 5 heteroatoms. The van der Waals surface area contributed by atoms with Crippen LogP contribution in [0.4, 0.5) is 0 Å². The second-order valence-electron chi connectivity index (χ2n) is 4.70. The fourth-order valence-electron chi connectivity index (χ4n) is 2.58. The molecule has 0 unspecified atom stereocenters. The first-order chi connectivity index (χ1) is 9.27. The summed E-state index contributed by atoms with van der Waals surface area (Å²) in [5.41, 5.74) is 3.73. The van der Waals surface area contributed by atoms with Gasteiger partial charge in [-0.1, -0.05) is 0 Å². The third kappa shape index (κ3) is 2.26. The first-order valence-electron chi connectivity index (χ1n) is 6.38. The average Bonchev–Trinajstić information content (AvgIpc) is 3.07. The summed E-state index contributed by atoms with van der Waals surface area (Å²) >= 11 is 1.43. The Kier molecular flexibility index (Phi) is 3.29. The van der Waals surface area contributed by atoms with Gasteiger partial charge < -0.3 is 4.90 Å². The summed E-state index contributed by atoms with van der Waals surface area (Å²) in [6.07, 6.45) is 5.65. The van der Waals surface area contributed by atoms with E-state index in [0.29, 0.717) is 0 Å². The standard InChI is InChI=1S/C14H15N3OS/c1-10-13(19-9-16-10)14(18)17-8-2-3-12(17)11-4-6-15-7-5-11/h4-7,9,12H,2-3,8H2,1H3/t12-/m0/s1. The van der Waals surface area contributed by atoms with Crippen molar-refractivity contribution in [3.63, 3.8) is 0 Å². The molecule has 2 aromatic rings. The van der Waals surface area contributed by atoms with Crippen molar-refractivity contribution < 1.29 is 4.79 Å². The van der Waals surface area contributed by atoms with Gasteiger partial charge in [0.2, 0.25) is 0 Å². The number of carbonyl (C=O) groups is 1. The van der Waals surface area contributed by atoms with Crippen molar-refractivity contribution in [2.45, 2.75) is 25.8 Å². The number of pyridine rings is 1. The van der Waals surface area contributed by atoms with E-state index in [1.54, 1.807) is 17.9 Å². The van der Waals surface area contributed by atoms with E-state index in [1.165, 1.54) is 16.9 Å². The Labute approximate surface area is 116 Å². The van der Waals surface area contributed by atoms with Gasteiger partial charge in [0.05, 0.1) is 17.2 Å². The van der Waals surface area contributed by atoms with Crippen molar-refractivity contribution >= 4 is 17.2 Å². The first kappa shape index (κ1) is 12.3. The molecule has 0 aromatic carbocycles. The average molecular weight is 273 g/mol. The molecule has 1 atom stereocenters. The van der Waals surface area contributed by atoms with Crippen molar-refractivity contribution in [2.75, 3.05) is 6.54 Å². The molecule has 1 aliphatic rings. The number of aromatic nitrogens is 2. The van der Waals surface area contributed by atoms with Gasteiger partial charge in [0, 0.05) is 18.9 Å². The minimum Gasteiger partial charge on any atom is -0.331 e. The molecule has 0 spiro atoms. The number of nitrogens with zero attached hydrogens (tertiary/aromatic N) is 3. The zero-order chi connectivity index (χ0) is 13.2. The lowest BCUT2D eigenvalue weighted by Gasteiger charge is -2.24. The van der Waals surface area contributed by atoms with E-state index in [0.717, 1.165) is 30.0 Å². The quantitative estimate of drug-likeness (QED) is 0.845. The second kappa shape index (κ2) is 5.09. The van der Waals surface area contributed by atoms with Crippen LogP contribution in [0.2, 0.25) is 0 Å². The highest BCUT2D eigenvalue weighted by atomic mass is 32.1. The molecule has 0 radical (unpaired) electrons. The summed E-state index contributed by atoms with van der Waals surface area (Å²) in [4.78, 5) is 23.5. The molecule has 0 N–H and O–H groups in total. The topological polar surface area (TPSA) is 46.1 Å². The number of aryl methyl sites for hydroxylation is 1. The summed E-state index contributed by atoms with van der Waals surface area (Å²) in [6.45, 7) is 2.71. The van der Waals surface area contributed by atoms with Crippen molar-refractivity contribution in [1.29, 1.82) is 0 Å². The highest BCUT2D eigenvalue weighted by molar-refractivity contribution is 7.11. The number of amides is 1. The molecule has 1 amide bonds. The van der Waals surface area contributed by atoms with E-state index in [9.17, 15) is 4.79 Å². The molecule has 98 valence electrons. The summed E-state index contributed by atoms with van der Waals surface area (Å²) in [5.74, 6) is 0.110. The molecule has 0 aliphatic carbocycles. The lowest BCUT2D eigenvalue weighted by Crippen LogP contribution is -2.30. The van der Waals surface area contributed by atoms with Gasteiger partial charge in [-0.05, 0) is 37.5 Å². The number of hydrogen-bond donors (Lipinski definition) is 0. The predicted molar refractivity (Wildman–Crippen MR) is 74.1 cm³/mol. The summed E-state index contributed by atoms with van der Waals surface area (Å²) in [7, 11) is 0. The molecule has 1 saturated heterocycles. The minimum absolute atomic E-state index is 0.110. The molecule has 1 fully saturated rings. The van der Waals surface area contributed by atoms with Crippen LogP contribution in [0.15, 0.2) is 30.0 Å². The van der Waals surface area contributed by atoms with Crippen LogP contribution < -0.4 is 0 Å². The van der Waals surface area contributed by atoms with Gasteiger partial charge in [0.15, 0.2) is 0 Å². The SMILES string of the molecule is Cc1ncsc1C(=O)N1CCC[C@H]1c1ccncc1.